The number of rotatable bonds is 4. The second-order valence-corrected chi connectivity index (χ2v) is 3.95. The number of benzene rings is 1. The van der Waals surface area contributed by atoms with E-state index in [-0.39, 0.29) is 0 Å². The number of ether oxygens (including phenoxy) is 1. The first-order valence-corrected chi connectivity index (χ1v) is 5.69. The molecular weight excluding hydrogens is 202 g/mol. The monoisotopic (exact) mass is 219 g/mol. The van der Waals surface area contributed by atoms with Gasteiger partial charge in [-0.05, 0) is 25.5 Å². The van der Waals surface area contributed by atoms with Crippen molar-refractivity contribution in [3.8, 4) is 5.75 Å². The maximum absolute atomic E-state index is 5.75. The number of fused-ring (bicyclic) bond motifs is 1. The van der Waals surface area contributed by atoms with Crippen molar-refractivity contribution >= 4 is 11.1 Å². The van der Waals surface area contributed by atoms with Gasteiger partial charge in [0.2, 0.25) is 0 Å². The predicted octanol–water partition coefficient (Wildman–Crippen LogP) is 3.49. The molecule has 16 heavy (non-hydrogen) atoms. The number of oxazole rings is 1. The molecule has 0 fully saturated rings. The Bertz CT molecular complexity index is 488. The van der Waals surface area contributed by atoms with Gasteiger partial charge in [0.15, 0.2) is 11.5 Å². The molecule has 86 valence electrons. The standard InChI is InChI=1S/C13H17NO2/c1-4-5-6-12-14-10-7-8-11(15-3)9(2)13(10)16-12/h7-8H,4-6H2,1-3H3. The van der Waals surface area contributed by atoms with Crippen molar-refractivity contribution in [1.82, 2.24) is 4.98 Å². The molecule has 1 heterocycles. The minimum absolute atomic E-state index is 0.827. The van der Waals surface area contributed by atoms with Crippen molar-refractivity contribution in [1.29, 1.82) is 0 Å². The molecule has 0 aliphatic carbocycles. The average Bonchev–Trinajstić information content (AvgIpc) is 2.71. The Hall–Kier alpha value is -1.51. The van der Waals surface area contributed by atoms with Crippen LogP contribution < -0.4 is 4.74 Å². The van der Waals surface area contributed by atoms with Crippen LogP contribution in [-0.2, 0) is 6.42 Å². The van der Waals surface area contributed by atoms with Gasteiger partial charge in [0.25, 0.3) is 0 Å². The third-order valence-corrected chi connectivity index (χ3v) is 2.76. The van der Waals surface area contributed by atoms with Crippen LogP contribution in [0.25, 0.3) is 11.1 Å². The highest BCUT2D eigenvalue weighted by Crippen LogP contribution is 2.27. The topological polar surface area (TPSA) is 35.3 Å². The highest BCUT2D eigenvalue weighted by molar-refractivity contribution is 5.78. The van der Waals surface area contributed by atoms with Gasteiger partial charge in [0.1, 0.15) is 11.3 Å². The van der Waals surface area contributed by atoms with Crippen molar-refractivity contribution in [3.05, 3.63) is 23.6 Å². The molecule has 1 aromatic carbocycles. The number of hydrogen-bond acceptors (Lipinski definition) is 3. The van der Waals surface area contributed by atoms with Gasteiger partial charge < -0.3 is 9.15 Å². The first-order valence-electron chi connectivity index (χ1n) is 5.69. The second kappa shape index (κ2) is 4.56. The predicted molar refractivity (Wildman–Crippen MR) is 63.9 cm³/mol. The van der Waals surface area contributed by atoms with Gasteiger partial charge >= 0.3 is 0 Å². The van der Waals surface area contributed by atoms with E-state index in [0.29, 0.717) is 0 Å². The van der Waals surface area contributed by atoms with Crippen LogP contribution in [0.5, 0.6) is 5.75 Å². The molecule has 0 aliphatic rings. The van der Waals surface area contributed by atoms with Gasteiger partial charge in [-0.15, -0.1) is 0 Å². The maximum Gasteiger partial charge on any atom is 0.195 e. The van der Waals surface area contributed by atoms with Crippen LogP contribution in [0, 0.1) is 6.92 Å². The molecule has 0 spiro atoms. The number of aryl methyl sites for hydroxylation is 2. The molecule has 0 saturated heterocycles. The fourth-order valence-corrected chi connectivity index (χ4v) is 1.81. The molecule has 0 radical (unpaired) electrons. The van der Waals surface area contributed by atoms with Crippen LogP contribution in [0.3, 0.4) is 0 Å². The van der Waals surface area contributed by atoms with Crippen molar-refractivity contribution in [2.75, 3.05) is 7.11 Å². The number of methoxy groups -OCH3 is 1. The number of hydrogen-bond donors (Lipinski definition) is 0. The van der Waals surface area contributed by atoms with Crippen LogP contribution >= 0.6 is 0 Å². The van der Waals surface area contributed by atoms with E-state index in [9.17, 15) is 0 Å². The van der Waals surface area contributed by atoms with Gasteiger partial charge in [-0.3, -0.25) is 0 Å². The summed E-state index contributed by atoms with van der Waals surface area (Å²) in [4.78, 5) is 4.46. The molecular formula is C13H17NO2. The van der Waals surface area contributed by atoms with Gasteiger partial charge in [-0.25, -0.2) is 4.98 Å². The summed E-state index contributed by atoms with van der Waals surface area (Å²) in [6.07, 6.45) is 3.18. The molecule has 0 amide bonds. The van der Waals surface area contributed by atoms with Gasteiger partial charge in [-0.1, -0.05) is 13.3 Å². The van der Waals surface area contributed by atoms with E-state index in [1.165, 1.54) is 0 Å². The van der Waals surface area contributed by atoms with Crippen molar-refractivity contribution < 1.29 is 9.15 Å². The van der Waals surface area contributed by atoms with E-state index in [1.807, 2.05) is 19.1 Å². The largest absolute Gasteiger partial charge is 0.496 e. The van der Waals surface area contributed by atoms with Crippen LogP contribution in [0.4, 0.5) is 0 Å². The maximum atomic E-state index is 5.75. The minimum atomic E-state index is 0.827. The number of unbranched alkanes of at least 4 members (excludes halogenated alkanes) is 1. The lowest BCUT2D eigenvalue weighted by atomic mass is 10.2. The Labute approximate surface area is 95.4 Å². The fraction of sp³-hybridized carbons (Fsp3) is 0.462. The SMILES string of the molecule is CCCCc1nc2ccc(OC)c(C)c2o1. The molecule has 0 N–H and O–H groups in total. The first kappa shape index (κ1) is 11.0. The Morgan fingerprint density at radius 2 is 2.19 bits per heavy atom. The molecule has 0 unspecified atom stereocenters. The zero-order chi connectivity index (χ0) is 11.5. The van der Waals surface area contributed by atoms with Crippen LogP contribution in [0.15, 0.2) is 16.5 Å². The molecule has 0 atom stereocenters. The lowest BCUT2D eigenvalue weighted by molar-refractivity contribution is 0.411. The number of aromatic nitrogens is 1. The minimum Gasteiger partial charge on any atom is -0.496 e. The second-order valence-electron chi connectivity index (χ2n) is 3.95. The van der Waals surface area contributed by atoms with Crippen LogP contribution in [0.2, 0.25) is 0 Å². The third kappa shape index (κ3) is 1.90. The molecule has 3 nitrogen and oxygen atoms in total. The summed E-state index contributed by atoms with van der Waals surface area (Å²) >= 11 is 0. The average molecular weight is 219 g/mol. The summed E-state index contributed by atoms with van der Waals surface area (Å²) in [6, 6.07) is 3.88. The van der Waals surface area contributed by atoms with Gasteiger partial charge in [-0.2, -0.15) is 0 Å². The van der Waals surface area contributed by atoms with Crippen molar-refractivity contribution in [2.45, 2.75) is 33.1 Å². The van der Waals surface area contributed by atoms with E-state index in [0.717, 1.165) is 47.6 Å². The highest BCUT2D eigenvalue weighted by atomic mass is 16.5. The Kier molecular flexibility index (Phi) is 3.13. The summed E-state index contributed by atoms with van der Waals surface area (Å²) in [6.45, 7) is 4.16. The summed E-state index contributed by atoms with van der Waals surface area (Å²) in [5, 5.41) is 0. The summed E-state index contributed by atoms with van der Waals surface area (Å²) < 4.78 is 11.0. The van der Waals surface area contributed by atoms with Crippen molar-refractivity contribution in [3.63, 3.8) is 0 Å². The Morgan fingerprint density at radius 3 is 2.88 bits per heavy atom. The first-order chi connectivity index (χ1) is 7.76. The zero-order valence-electron chi connectivity index (χ0n) is 10.0. The van der Waals surface area contributed by atoms with E-state index in [4.69, 9.17) is 9.15 Å². The van der Waals surface area contributed by atoms with Crippen LogP contribution in [0.1, 0.15) is 31.2 Å². The van der Waals surface area contributed by atoms with E-state index in [2.05, 4.69) is 11.9 Å². The summed E-state index contributed by atoms with van der Waals surface area (Å²) in [7, 11) is 1.67. The molecule has 2 aromatic rings. The zero-order valence-corrected chi connectivity index (χ0v) is 10.0. The molecule has 3 heteroatoms. The van der Waals surface area contributed by atoms with Crippen LogP contribution in [-0.4, -0.2) is 12.1 Å². The lowest BCUT2D eigenvalue weighted by Crippen LogP contribution is -1.86. The van der Waals surface area contributed by atoms with Crippen molar-refractivity contribution in [2.24, 2.45) is 0 Å². The Balaban J connectivity index is 2.41. The van der Waals surface area contributed by atoms with Gasteiger partial charge in [0, 0.05) is 12.0 Å². The molecule has 1 aromatic heterocycles. The van der Waals surface area contributed by atoms with Gasteiger partial charge in [0.05, 0.1) is 7.11 Å². The molecule has 0 bridgehead atoms. The van der Waals surface area contributed by atoms with E-state index in [1.54, 1.807) is 7.11 Å². The summed E-state index contributed by atoms with van der Waals surface area (Å²) in [5.41, 5.74) is 2.80. The Morgan fingerprint density at radius 1 is 1.38 bits per heavy atom. The normalized spacial score (nSPS) is 10.9. The van der Waals surface area contributed by atoms with E-state index >= 15 is 0 Å². The molecule has 2 rings (SSSR count). The summed E-state index contributed by atoms with van der Waals surface area (Å²) in [5.74, 6) is 1.68. The fourth-order valence-electron chi connectivity index (χ4n) is 1.81. The number of nitrogens with zero attached hydrogens (tertiary/aromatic N) is 1. The van der Waals surface area contributed by atoms with E-state index < -0.39 is 0 Å². The molecule has 0 aliphatic heterocycles. The smallest absolute Gasteiger partial charge is 0.195 e. The lowest BCUT2D eigenvalue weighted by Gasteiger charge is -2.02. The quantitative estimate of drug-likeness (QED) is 0.789. The third-order valence-electron chi connectivity index (χ3n) is 2.76. The highest BCUT2D eigenvalue weighted by Gasteiger charge is 2.10. The molecule has 0 saturated carbocycles.